The van der Waals surface area contributed by atoms with Crippen LogP contribution in [-0.2, 0) is 0 Å². The van der Waals surface area contributed by atoms with Gasteiger partial charge in [-0.25, -0.2) is 0 Å². The van der Waals surface area contributed by atoms with Gasteiger partial charge in [-0.3, -0.25) is 0 Å². The molecule has 1 aliphatic carbocycles. The van der Waals surface area contributed by atoms with Crippen LogP contribution >= 0.6 is 0 Å². The molecule has 0 amide bonds. The minimum atomic E-state index is 0.851. The SMILES string of the molecule is Cc1ccc(C)c(C2CCCCC2)c1. The Morgan fingerprint density at radius 2 is 1.71 bits per heavy atom. The molecule has 1 fully saturated rings. The molecule has 0 saturated heterocycles. The largest absolute Gasteiger partial charge is 0.0590 e. The average Bonchev–Trinajstić information content (AvgIpc) is 2.23. The van der Waals surface area contributed by atoms with Gasteiger partial charge in [0.05, 0.1) is 0 Å². The Morgan fingerprint density at radius 3 is 2.43 bits per heavy atom. The van der Waals surface area contributed by atoms with E-state index in [0.717, 1.165) is 5.92 Å². The third-order valence-electron chi connectivity index (χ3n) is 3.48. The molecule has 0 spiro atoms. The van der Waals surface area contributed by atoms with Crippen molar-refractivity contribution in [2.45, 2.75) is 51.9 Å². The minimum absolute atomic E-state index is 0.851. The van der Waals surface area contributed by atoms with Gasteiger partial charge in [-0.1, -0.05) is 43.0 Å². The van der Waals surface area contributed by atoms with Crippen LogP contribution in [0.4, 0.5) is 0 Å². The van der Waals surface area contributed by atoms with Gasteiger partial charge < -0.3 is 0 Å². The van der Waals surface area contributed by atoms with Crippen LogP contribution in [0.3, 0.4) is 0 Å². The van der Waals surface area contributed by atoms with E-state index in [4.69, 9.17) is 0 Å². The number of aryl methyl sites for hydroxylation is 2. The molecule has 1 aromatic carbocycles. The van der Waals surface area contributed by atoms with Crippen LogP contribution in [0, 0.1) is 13.8 Å². The quantitative estimate of drug-likeness (QED) is 0.614. The molecule has 0 heteroatoms. The first-order chi connectivity index (χ1) is 6.77. The van der Waals surface area contributed by atoms with Gasteiger partial charge >= 0.3 is 0 Å². The van der Waals surface area contributed by atoms with E-state index >= 15 is 0 Å². The van der Waals surface area contributed by atoms with E-state index in [-0.39, 0.29) is 0 Å². The summed E-state index contributed by atoms with van der Waals surface area (Å²) >= 11 is 0. The van der Waals surface area contributed by atoms with Gasteiger partial charge in [-0.15, -0.1) is 0 Å². The molecule has 0 bridgehead atoms. The summed E-state index contributed by atoms with van der Waals surface area (Å²) in [5.74, 6) is 0.851. The molecule has 2 rings (SSSR count). The summed E-state index contributed by atoms with van der Waals surface area (Å²) < 4.78 is 0. The maximum absolute atomic E-state index is 2.39. The number of hydrogen-bond donors (Lipinski definition) is 0. The topological polar surface area (TPSA) is 0 Å². The first kappa shape index (κ1) is 9.76. The molecule has 0 heterocycles. The summed E-state index contributed by atoms with van der Waals surface area (Å²) in [5.41, 5.74) is 4.52. The molecule has 0 aromatic heterocycles. The van der Waals surface area contributed by atoms with Gasteiger partial charge in [0.25, 0.3) is 0 Å². The van der Waals surface area contributed by atoms with Gasteiger partial charge in [0, 0.05) is 0 Å². The lowest BCUT2D eigenvalue weighted by Crippen LogP contribution is -2.06. The molecular formula is C14H20. The third kappa shape index (κ3) is 2.00. The van der Waals surface area contributed by atoms with E-state index in [1.54, 1.807) is 5.56 Å². The van der Waals surface area contributed by atoms with Crippen molar-refractivity contribution in [1.82, 2.24) is 0 Å². The summed E-state index contributed by atoms with van der Waals surface area (Å²) in [6.45, 7) is 4.45. The molecule has 76 valence electrons. The maximum atomic E-state index is 2.39. The molecule has 0 N–H and O–H groups in total. The van der Waals surface area contributed by atoms with Crippen molar-refractivity contribution in [2.75, 3.05) is 0 Å². The first-order valence-electron chi connectivity index (χ1n) is 5.84. The van der Waals surface area contributed by atoms with Crippen LogP contribution in [0.2, 0.25) is 0 Å². The molecule has 1 aliphatic rings. The van der Waals surface area contributed by atoms with Gasteiger partial charge in [-0.2, -0.15) is 0 Å². The Morgan fingerprint density at radius 1 is 1.00 bits per heavy atom. The zero-order valence-corrected chi connectivity index (χ0v) is 9.34. The lowest BCUT2D eigenvalue weighted by atomic mass is 9.82. The zero-order chi connectivity index (χ0) is 9.97. The van der Waals surface area contributed by atoms with Gasteiger partial charge in [0.1, 0.15) is 0 Å². The molecule has 0 aliphatic heterocycles. The Kier molecular flexibility index (Phi) is 2.90. The Hall–Kier alpha value is -0.780. The highest BCUT2D eigenvalue weighted by molar-refractivity contribution is 5.33. The van der Waals surface area contributed by atoms with E-state index in [2.05, 4.69) is 32.0 Å². The predicted molar refractivity (Wildman–Crippen MR) is 61.7 cm³/mol. The van der Waals surface area contributed by atoms with Crippen molar-refractivity contribution in [3.63, 3.8) is 0 Å². The monoisotopic (exact) mass is 188 g/mol. The molecular weight excluding hydrogens is 168 g/mol. The molecule has 1 saturated carbocycles. The standard InChI is InChI=1S/C14H20/c1-11-8-9-12(2)14(10-11)13-6-4-3-5-7-13/h8-10,13H,3-7H2,1-2H3. The fourth-order valence-corrected chi connectivity index (χ4v) is 2.61. The summed E-state index contributed by atoms with van der Waals surface area (Å²) in [5, 5.41) is 0. The van der Waals surface area contributed by atoms with Crippen molar-refractivity contribution in [2.24, 2.45) is 0 Å². The Balaban J connectivity index is 2.24. The van der Waals surface area contributed by atoms with Crippen LogP contribution in [0.5, 0.6) is 0 Å². The van der Waals surface area contributed by atoms with Crippen LogP contribution in [0.15, 0.2) is 18.2 Å². The lowest BCUT2D eigenvalue weighted by molar-refractivity contribution is 0.442. The van der Waals surface area contributed by atoms with E-state index in [1.165, 1.54) is 43.2 Å². The summed E-state index contributed by atoms with van der Waals surface area (Å²) in [4.78, 5) is 0. The number of benzene rings is 1. The zero-order valence-electron chi connectivity index (χ0n) is 9.34. The fraction of sp³-hybridized carbons (Fsp3) is 0.571. The molecule has 0 atom stereocenters. The minimum Gasteiger partial charge on any atom is -0.0590 e. The predicted octanol–water partition coefficient (Wildman–Crippen LogP) is 4.35. The van der Waals surface area contributed by atoms with Crippen molar-refractivity contribution in [1.29, 1.82) is 0 Å². The molecule has 0 radical (unpaired) electrons. The van der Waals surface area contributed by atoms with Crippen molar-refractivity contribution in [3.05, 3.63) is 34.9 Å². The highest BCUT2D eigenvalue weighted by Crippen LogP contribution is 2.34. The fourth-order valence-electron chi connectivity index (χ4n) is 2.61. The van der Waals surface area contributed by atoms with E-state index in [0.29, 0.717) is 0 Å². The van der Waals surface area contributed by atoms with Crippen molar-refractivity contribution < 1.29 is 0 Å². The van der Waals surface area contributed by atoms with Crippen molar-refractivity contribution >= 4 is 0 Å². The Bertz CT molecular complexity index is 306. The highest BCUT2D eigenvalue weighted by Gasteiger charge is 2.16. The summed E-state index contributed by atoms with van der Waals surface area (Å²) in [6, 6.07) is 6.90. The van der Waals surface area contributed by atoms with Gasteiger partial charge in [0.2, 0.25) is 0 Å². The highest BCUT2D eigenvalue weighted by atomic mass is 14.2. The van der Waals surface area contributed by atoms with Gasteiger partial charge in [-0.05, 0) is 43.7 Å². The van der Waals surface area contributed by atoms with Crippen LogP contribution in [0.1, 0.15) is 54.7 Å². The molecule has 0 nitrogen and oxygen atoms in total. The summed E-state index contributed by atoms with van der Waals surface area (Å²) in [6.07, 6.45) is 7.12. The first-order valence-corrected chi connectivity index (χ1v) is 5.84. The number of rotatable bonds is 1. The Labute approximate surface area is 87.3 Å². The maximum Gasteiger partial charge on any atom is -0.0159 e. The summed E-state index contributed by atoms with van der Waals surface area (Å²) in [7, 11) is 0. The molecule has 14 heavy (non-hydrogen) atoms. The molecule has 0 unspecified atom stereocenters. The number of hydrogen-bond acceptors (Lipinski definition) is 0. The average molecular weight is 188 g/mol. The normalized spacial score (nSPS) is 18.4. The van der Waals surface area contributed by atoms with Crippen LogP contribution in [-0.4, -0.2) is 0 Å². The van der Waals surface area contributed by atoms with E-state index < -0.39 is 0 Å². The smallest absolute Gasteiger partial charge is 0.0159 e. The van der Waals surface area contributed by atoms with E-state index in [9.17, 15) is 0 Å². The second kappa shape index (κ2) is 4.16. The second-order valence-corrected chi connectivity index (χ2v) is 4.69. The van der Waals surface area contributed by atoms with Gasteiger partial charge in [0.15, 0.2) is 0 Å². The molecule has 1 aromatic rings. The van der Waals surface area contributed by atoms with E-state index in [1.807, 2.05) is 0 Å². The second-order valence-electron chi connectivity index (χ2n) is 4.69. The third-order valence-corrected chi connectivity index (χ3v) is 3.48. The lowest BCUT2D eigenvalue weighted by Gasteiger charge is -2.23. The van der Waals surface area contributed by atoms with Crippen molar-refractivity contribution in [3.8, 4) is 0 Å². The van der Waals surface area contributed by atoms with Crippen LogP contribution in [0.25, 0.3) is 0 Å². The van der Waals surface area contributed by atoms with Crippen LogP contribution < -0.4 is 0 Å².